The van der Waals surface area contributed by atoms with Gasteiger partial charge in [-0.15, -0.1) is 0 Å². The molecule has 0 aliphatic carbocycles. The van der Waals surface area contributed by atoms with Crippen molar-refractivity contribution in [2.24, 2.45) is 5.73 Å². The summed E-state index contributed by atoms with van der Waals surface area (Å²) in [4.78, 5) is 20.8. The van der Waals surface area contributed by atoms with Gasteiger partial charge in [0.1, 0.15) is 0 Å². The first kappa shape index (κ1) is 33.1. The van der Waals surface area contributed by atoms with Crippen molar-refractivity contribution >= 4 is 11.9 Å². The first-order valence-corrected chi connectivity index (χ1v) is 14.0. The number of aromatic carboxylic acids is 2. The topological polar surface area (TPSA) is 113 Å². The molecule has 0 saturated heterocycles. The fourth-order valence-corrected chi connectivity index (χ4v) is 3.94. The van der Waals surface area contributed by atoms with Crippen LogP contribution in [0.2, 0.25) is 0 Å². The minimum absolute atomic E-state index is 0.0186. The van der Waals surface area contributed by atoms with Crippen molar-refractivity contribution in [1.82, 2.24) is 5.32 Å². The second-order valence-electron chi connectivity index (χ2n) is 9.39. The molecule has 6 heteroatoms. The van der Waals surface area contributed by atoms with Gasteiger partial charge in [0.2, 0.25) is 0 Å². The molecule has 6 nitrogen and oxygen atoms in total. The smallest absolute Gasteiger partial charge is 0.335 e. The quantitative estimate of drug-likeness (QED) is 0.127. The fourth-order valence-electron chi connectivity index (χ4n) is 3.94. The van der Waals surface area contributed by atoms with E-state index in [1.54, 1.807) is 0 Å². The largest absolute Gasteiger partial charge is 0.478 e. The summed E-state index contributed by atoms with van der Waals surface area (Å²) in [7, 11) is 0. The molecule has 0 bridgehead atoms. The van der Waals surface area contributed by atoms with Crippen molar-refractivity contribution < 1.29 is 19.8 Å². The summed E-state index contributed by atoms with van der Waals surface area (Å²) >= 11 is 0. The summed E-state index contributed by atoms with van der Waals surface area (Å²) in [5.74, 6) is -2.25. The number of carboxylic acids is 2. The second-order valence-corrected chi connectivity index (χ2v) is 9.39. The van der Waals surface area contributed by atoms with E-state index < -0.39 is 11.9 Å². The molecule has 0 unspecified atom stereocenters. The Morgan fingerprint density at radius 2 is 1.03 bits per heavy atom. The first-order chi connectivity index (χ1) is 17.0. The maximum atomic E-state index is 10.4. The maximum absolute atomic E-state index is 10.4. The lowest BCUT2D eigenvalue weighted by molar-refractivity contribution is 0.0696. The predicted molar refractivity (Wildman–Crippen MR) is 146 cm³/mol. The van der Waals surface area contributed by atoms with Crippen LogP contribution < -0.4 is 11.1 Å². The minimum Gasteiger partial charge on any atom is -0.478 e. The van der Waals surface area contributed by atoms with Gasteiger partial charge in [-0.3, -0.25) is 0 Å². The third-order valence-electron chi connectivity index (χ3n) is 6.12. The van der Waals surface area contributed by atoms with Gasteiger partial charge < -0.3 is 21.3 Å². The third-order valence-corrected chi connectivity index (χ3v) is 6.12. The van der Waals surface area contributed by atoms with Gasteiger partial charge in [0.05, 0.1) is 11.1 Å². The number of rotatable bonds is 22. The molecule has 1 aromatic carbocycles. The zero-order valence-electron chi connectivity index (χ0n) is 22.2. The maximum Gasteiger partial charge on any atom is 0.335 e. The molecule has 5 N–H and O–H groups in total. The average molecular weight is 493 g/mol. The van der Waals surface area contributed by atoms with Crippen LogP contribution in [0.4, 0.5) is 0 Å². The predicted octanol–water partition coefficient (Wildman–Crippen LogP) is 7.27. The van der Waals surface area contributed by atoms with E-state index in [-0.39, 0.29) is 11.1 Å². The van der Waals surface area contributed by atoms with Gasteiger partial charge >= 0.3 is 11.9 Å². The molecule has 0 aliphatic heterocycles. The number of carbonyl (C=O) groups is 2. The molecule has 0 fully saturated rings. The molecule has 0 atom stereocenters. The molecule has 1 aromatic rings. The van der Waals surface area contributed by atoms with Crippen LogP contribution in [0.1, 0.15) is 137 Å². The van der Waals surface area contributed by atoms with Crippen LogP contribution in [0.5, 0.6) is 0 Å². The van der Waals surface area contributed by atoms with Crippen molar-refractivity contribution in [3.8, 4) is 0 Å². The van der Waals surface area contributed by atoms with Gasteiger partial charge in [0.25, 0.3) is 0 Å². The van der Waals surface area contributed by atoms with E-state index in [2.05, 4.69) is 12.2 Å². The Morgan fingerprint density at radius 1 is 0.657 bits per heavy atom. The van der Waals surface area contributed by atoms with E-state index in [9.17, 15) is 9.59 Å². The van der Waals surface area contributed by atoms with E-state index in [0.29, 0.717) is 0 Å². The van der Waals surface area contributed by atoms with Crippen molar-refractivity contribution in [3.05, 3.63) is 35.4 Å². The van der Waals surface area contributed by atoms with Crippen LogP contribution in [0.15, 0.2) is 24.3 Å². The van der Waals surface area contributed by atoms with Crippen LogP contribution in [-0.2, 0) is 0 Å². The molecular weight excluding hydrogens is 440 g/mol. The highest BCUT2D eigenvalue weighted by Gasteiger charge is 2.06. The first-order valence-electron chi connectivity index (χ1n) is 14.0. The Labute approximate surface area is 214 Å². The van der Waals surface area contributed by atoms with Crippen LogP contribution in [0.3, 0.4) is 0 Å². The van der Waals surface area contributed by atoms with E-state index in [1.807, 2.05) is 0 Å². The lowest BCUT2D eigenvalue weighted by Gasteiger charge is -2.04. The van der Waals surface area contributed by atoms with E-state index in [1.165, 1.54) is 127 Å². The summed E-state index contributed by atoms with van der Waals surface area (Å²) < 4.78 is 0. The molecule has 0 saturated carbocycles. The lowest BCUT2D eigenvalue weighted by atomic mass is 10.0. The van der Waals surface area contributed by atoms with Crippen LogP contribution in [0, 0.1) is 0 Å². The van der Waals surface area contributed by atoms with E-state index in [0.717, 1.165) is 25.6 Å². The number of hydrogen-bond donors (Lipinski definition) is 4. The molecule has 0 heterocycles. The molecule has 0 radical (unpaired) electrons. The summed E-state index contributed by atoms with van der Waals surface area (Å²) in [5.41, 5.74) is 5.43. The highest BCUT2D eigenvalue weighted by atomic mass is 16.4. The number of hydrogen-bond acceptors (Lipinski definition) is 4. The van der Waals surface area contributed by atoms with Gasteiger partial charge in [0, 0.05) is 0 Å². The summed E-state index contributed by atoms with van der Waals surface area (Å²) in [5, 5.41) is 20.5. The van der Waals surface area contributed by atoms with Crippen LogP contribution >= 0.6 is 0 Å². The van der Waals surface area contributed by atoms with Gasteiger partial charge in [-0.05, 0) is 50.7 Å². The number of benzene rings is 1. The Morgan fingerprint density at radius 3 is 1.40 bits per heavy atom. The zero-order chi connectivity index (χ0) is 26.0. The van der Waals surface area contributed by atoms with Gasteiger partial charge in [0.15, 0.2) is 0 Å². The van der Waals surface area contributed by atoms with Gasteiger partial charge in [-0.25, -0.2) is 9.59 Å². The molecule has 202 valence electrons. The SMILES string of the molecule is CCCCCCCCCCCCCCCCCCNCCCN.O=C(O)c1cccc(C(=O)O)c1. The van der Waals surface area contributed by atoms with Crippen LogP contribution in [0.25, 0.3) is 0 Å². The van der Waals surface area contributed by atoms with Crippen molar-refractivity contribution in [2.75, 3.05) is 19.6 Å². The normalized spacial score (nSPS) is 10.6. The van der Waals surface area contributed by atoms with E-state index in [4.69, 9.17) is 15.9 Å². The summed E-state index contributed by atoms with van der Waals surface area (Å²) in [6, 6.07) is 5.20. The molecule has 0 amide bonds. The van der Waals surface area contributed by atoms with Crippen molar-refractivity contribution in [3.63, 3.8) is 0 Å². The summed E-state index contributed by atoms with van der Waals surface area (Å²) in [6.45, 7) is 5.38. The van der Waals surface area contributed by atoms with Crippen LogP contribution in [-0.4, -0.2) is 41.8 Å². The summed E-state index contributed by atoms with van der Waals surface area (Å²) in [6.07, 6.45) is 24.2. The third kappa shape index (κ3) is 22.3. The number of carboxylic acid groups (broad SMARTS) is 2. The Balaban J connectivity index is 0.000000801. The molecular formula is C29H52N2O4. The van der Waals surface area contributed by atoms with Crippen molar-refractivity contribution in [2.45, 2.75) is 116 Å². The van der Waals surface area contributed by atoms with Gasteiger partial charge in [-0.1, -0.05) is 109 Å². The Bertz CT molecular complexity index is 588. The fraction of sp³-hybridized carbons (Fsp3) is 0.724. The standard InChI is InChI=1S/C21H46N2.C8H6O4/c1-2-3-4-5-6-7-8-9-10-11-12-13-14-15-16-17-20-23-21-18-19-22;9-7(10)5-2-1-3-6(4-5)8(11)12/h23H,2-22H2,1H3;1-4H,(H,9,10)(H,11,12). The zero-order valence-corrected chi connectivity index (χ0v) is 22.2. The molecule has 35 heavy (non-hydrogen) atoms. The highest BCUT2D eigenvalue weighted by molar-refractivity contribution is 5.93. The monoisotopic (exact) mass is 492 g/mol. The highest BCUT2D eigenvalue weighted by Crippen LogP contribution is 2.13. The van der Waals surface area contributed by atoms with Gasteiger partial charge in [-0.2, -0.15) is 0 Å². The van der Waals surface area contributed by atoms with Crippen molar-refractivity contribution in [1.29, 1.82) is 0 Å². The molecule has 0 spiro atoms. The Hall–Kier alpha value is -1.92. The Kier molecular flexibility index (Phi) is 23.8. The molecule has 0 aliphatic rings. The number of unbranched alkanes of at least 4 members (excludes halogenated alkanes) is 15. The average Bonchev–Trinajstić information content (AvgIpc) is 2.86. The number of nitrogens with two attached hydrogens (primary N) is 1. The number of nitrogens with one attached hydrogen (secondary N) is 1. The lowest BCUT2D eigenvalue weighted by Crippen LogP contribution is -2.19. The van der Waals surface area contributed by atoms with E-state index >= 15 is 0 Å². The second kappa shape index (κ2) is 25.2. The molecule has 0 aromatic heterocycles. The minimum atomic E-state index is -1.13. The molecule has 1 rings (SSSR count).